The van der Waals surface area contributed by atoms with E-state index in [4.69, 9.17) is 0 Å². The van der Waals surface area contributed by atoms with E-state index in [9.17, 15) is 0 Å². The lowest BCUT2D eigenvalue weighted by Crippen LogP contribution is -2.16. The molecule has 2 aliphatic heterocycles. The van der Waals surface area contributed by atoms with Crippen LogP contribution in [0.4, 0.5) is 11.4 Å². The number of allylic oxidation sites excluding steroid dienone is 1. The molecule has 1 aromatic carbocycles. The summed E-state index contributed by atoms with van der Waals surface area (Å²) in [5.41, 5.74) is 7.95. The van der Waals surface area contributed by atoms with Gasteiger partial charge in [-0.15, -0.1) is 0 Å². The molecule has 13 heavy (non-hydrogen) atoms. The van der Waals surface area contributed by atoms with E-state index in [1.807, 2.05) is 6.08 Å². The normalized spacial score (nSPS) is 16.0. The number of benzene rings is 1. The summed E-state index contributed by atoms with van der Waals surface area (Å²) in [6, 6.07) is 4.20. The van der Waals surface area contributed by atoms with Crippen LogP contribution < -0.4 is 10.7 Å². The summed E-state index contributed by atoms with van der Waals surface area (Å²) < 4.78 is 0. The molecule has 0 spiro atoms. The first-order chi connectivity index (χ1) is 6.45. The molecule has 0 amide bonds. The van der Waals surface area contributed by atoms with Gasteiger partial charge < -0.3 is 5.32 Å². The monoisotopic (exact) mass is 171 g/mol. The first kappa shape index (κ1) is 6.71. The van der Waals surface area contributed by atoms with Crippen LogP contribution in [0.2, 0.25) is 0 Å². The van der Waals surface area contributed by atoms with Crippen LogP contribution >= 0.6 is 0 Å². The van der Waals surface area contributed by atoms with Crippen LogP contribution in [0.25, 0.3) is 6.08 Å². The first-order valence-corrected chi connectivity index (χ1v) is 4.30. The highest BCUT2D eigenvalue weighted by Crippen LogP contribution is 2.36. The maximum absolute atomic E-state index is 4.06. The molecule has 1 aromatic rings. The van der Waals surface area contributed by atoms with Crippen molar-refractivity contribution >= 4 is 23.7 Å². The van der Waals surface area contributed by atoms with Crippen molar-refractivity contribution < 1.29 is 0 Å². The molecular weight excluding hydrogens is 162 g/mol. The van der Waals surface area contributed by atoms with Gasteiger partial charge in [0, 0.05) is 29.6 Å². The van der Waals surface area contributed by atoms with Crippen molar-refractivity contribution in [2.45, 2.75) is 6.54 Å². The van der Waals surface area contributed by atoms with Gasteiger partial charge in [-0.25, -0.2) is 0 Å². The summed E-state index contributed by atoms with van der Waals surface area (Å²) in [6.45, 7) is 0.939. The zero-order chi connectivity index (χ0) is 8.67. The Hall–Kier alpha value is -1.77. The van der Waals surface area contributed by atoms with Crippen molar-refractivity contribution in [1.82, 2.24) is 0 Å². The molecule has 2 N–H and O–H groups in total. The molecule has 3 nitrogen and oxygen atoms in total. The van der Waals surface area contributed by atoms with Crippen LogP contribution in [-0.4, -0.2) is 6.21 Å². The summed E-state index contributed by atoms with van der Waals surface area (Å²) in [7, 11) is 0. The molecule has 64 valence electrons. The summed E-state index contributed by atoms with van der Waals surface area (Å²) in [5, 5.41) is 7.30. The molecule has 3 heteroatoms. The topological polar surface area (TPSA) is 36.4 Å². The van der Waals surface area contributed by atoms with E-state index in [0.717, 1.165) is 12.2 Å². The Balaban J connectivity index is 2.24. The van der Waals surface area contributed by atoms with Gasteiger partial charge in [0.1, 0.15) is 0 Å². The van der Waals surface area contributed by atoms with E-state index in [-0.39, 0.29) is 0 Å². The Bertz CT molecular complexity index is 418. The summed E-state index contributed by atoms with van der Waals surface area (Å²) in [6.07, 6.45) is 5.77. The summed E-state index contributed by atoms with van der Waals surface area (Å²) >= 11 is 0. The minimum atomic E-state index is 0.939. The van der Waals surface area contributed by atoms with Crippen molar-refractivity contribution in [2.75, 3.05) is 10.7 Å². The molecule has 0 unspecified atom stereocenters. The summed E-state index contributed by atoms with van der Waals surface area (Å²) in [4.78, 5) is 0. The average Bonchev–Trinajstić information content (AvgIpc) is 2.29. The Labute approximate surface area is 76.2 Å². The number of rotatable bonds is 0. The molecule has 2 heterocycles. The molecule has 2 aliphatic rings. The van der Waals surface area contributed by atoms with E-state index < -0.39 is 0 Å². The van der Waals surface area contributed by atoms with E-state index >= 15 is 0 Å². The Morgan fingerprint density at radius 1 is 1.31 bits per heavy atom. The van der Waals surface area contributed by atoms with Crippen LogP contribution in [-0.2, 0) is 6.54 Å². The number of hydrogen-bond donors (Lipinski definition) is 2. The molecule has 0 fully saturated rings. The second-order valence-corrected chi connectivity index (χ2v) is 3.16. The molecule has 0 radical (unpaired) electrons. The highest BCUT2D eigenvalue weighted by atomic mass is 15.3. The quantitative estimate of drug-likeness (QED) is 0.626. The van der Waals surface area contributed by atoms with Gasteiger partial charge in [-0.3, -0.25) is 5.43 Å². The zero-order valence-corrected chi connectivity index (χ0v) is 7.04. The largest absolute Gasteiger partial charge is 0.380 e. The van der Waals surface area contributed by atoms with Crippen molar-refractivity contribution in [3.63, 3.8) is 0 Å². The van der Waals surface area contributed by atoms with Crippen molar-refractivity contribution in [1.29, 1.82) is 0 Å². The van der Waals surface area contributed by atoms with Crippen LogP contribution in [0.1, 0.15) is 11.1 Å². The van der Waals surface area contributed by atoms with Gasteiger partial charge in [-0.1, -0.05) is 12.1 Å². The third-order valence-electron chi connectivity index (χ3n) is 2.41. The predicted octanol–water partition coefficient (Wildman–Crippen LogP) is 2.04. The Kier molecular flexibility index (Phi) is 1.22. The Morgan fingerprint density at radius 2 is 2.31 bits per heavy atom. The number of nitrogens with zero attached hydrogens (tertiary/aromatic N) is 1. The smallest absolute Gasteiger partial charge is 0.0704 e. The first-order valence-electron chi connectivity index (χ1n) is 4.30. The third kappa shape index (κ3) is 0.869. The Morgan fingerprint density at radius 3 is 3.15 bits per heavy atom. The van der Waals surface area contributed by atoms with E-state index in [1.54, 1.807) is 6.21 Å². The molecule has 3 rings (SSSR count). The van der Waals surface area contributed by atoms with Crippen molar-refractivity contribution in [3.05, 3.63) is 29.3 Å². The van der Waals surface area contributed by atoms with Crippen molar-refractivity contribution in [3.8, 4) is 0 Å². The lowest BCUT2D eigenvalue weighted by atomic mass is 10.00. The minimum Gasteiger partial charge on any atom is -0.380 e. The van der Waals surface area contributed by atoms with Crippen LogP contribution in [0.3, 0.4) is 0 Å². The standard InChI is InChI=1S/C10H9N3/c1-2-7-3-4-9-8(6-11-9)10(7)13-12-5-1/h1-5,11,13H,6H2. The number of hydrazone groups is 1. The SMILES string of the molecule is C1=Cc2ccc3c(c2NN=C1)CN3. The number of fused-ring (bicyclic) bond motifs is 3. The molecule has 0 atom stereocenters. The number of hydrogen-bond acceptors (Lipinski definition) is 3. The highest BCUT2D eigenvalue weighted by Gasteiger charge is 2.18. The maximum atomic E-state index is 4.06. The fourth-order valence-electron chi connectivity index (χ4n) is 1.65. The highest BCUT2D eigenvalue weighted by molar-refractivity contribution is 5.88. The van der Waals surface area contributed by atoms with Gasteiger partial charge in [0.05, 0.1) is 5.69 Å². The van der Waals surface area contributed by atoms with Gasteiger partial charge in [-0.2, -0.15) is 5.10 Å². The van der Waals surface area contributed by atoms with Gasteiger partial charge in [-0.05, 0) is 12.1 Å². The van der Waals surface area contributed by atoms with E-state index in [2.05, 4.69) is 34.1 Å². The maximum Gasteiger partial charge on any atom is 0.0704 e. The van der Waals surface area contributed by atoms with Crippen molar-refractivity contribution in [2.24, 2.45) is 5.10 Å². The minimum absolute atomic E-state index is 0.939. The number of anilines is 2. The van der Waals surface area contributed by atoms with Crippen LogP contribution in [0, 0.1) is 0 Å². The molecule has 0 aromatic heterocycles. The second kappa shape index (κ2) is 2.36. The zero-order valence-electron chi connectivity index (χ0n) is 7.04. The fourth-order valence-corrected chi connectivity index (χ4v) is 1.65. The van der Waals surface area contributed by atoms with Gasteiger partial charge in [0.25, 0.3) is 0 Å². The predicted molar refractivity (Wildman–Crippen MR) is 54.9 cm³/mol. The lowest BCUT2D eigenvalue weighted by molar-refractivity contribution is 1.05. The van der Waals surface area contributed by atoms with Gasteiger partial charge in [0.2, 0.25) is 0 Å². The summed E-state index contributed by atoms with van der Waals surface area (Å²) in [5.74, 6) is 0. The molecule has 0 aliphatic carbocycles. The van der Waals surface area contributed by atoms with Gasteiger partial charge >= 0.3 is 0 Å². The second-order valence-electron chi connectivity index (χ2n) is 3.16. The number of nitrogens with one attached hydrogen (secondary N) is 2. The van der Waals surface area contributed by atoms with E-state index in [0.29, 0.717) is 0 Å². The third-order valence-corrected chi connectivity index (χ3v) is 2.41. The molecular formula is C10H9N3. The lowest BCUT2D eigenvalue weighted by Gasteiger charge is -2.25. The van der Waals surface area contributed by atoms with Crippen LogP contribution in [0.15, 0.2) is 23.3 Å². The van der Waals surface area contributed by atoms with E-state index in [1.165, 1.54) is 16.8 Å². The fraction of sp³-hybridized carbons (Fsp3) is 0.100. The molecule has 0 saturated heterocycles. The van der Waals surface area contributed by atoms with Crippen LogP contribution in [0.5, 0.6) is 0 Å². The average molecular weight is 171 g/mol. The molecule has 0 saturated carbocycles. The molecule has 0 bridgehead atoms. The van der Waals surface area contributed by atoms with Gasteiger partial charge in [0.15, 0.2) is 0 Å².